The van der Waals surface area contributed by atoms with E-state index in [0.29, 0.717) is 11.6 Å². The Morgan fingerprint density at radius 1 is 0.714 bits per heavy atom. The van der Waals surface area contributed by atoms with Crippen LogP contribution in [0.5, 0.6) is 0 Å². The molecule has 3 N–H and O–H groups in total. The highest BCUT2D eigenvalue weighted by Gasteiger charge is 2.37. The minimum Gasteiger partial charge on any atom is -0.321 e. The summed E-state index contributed by atoms with van der Waals surface area (Å²) in [5.41, 5.74) is 0. The Morgan fingerprint density at radius 3 is 1.33 bits per heavy atom. The van der Waals surface area contributed by atoms with Crippen molar-refractivity contribution >= 4 is 23.0 Å². The summed E-state index contributed by atoms with van der Waals surface area (Å²) >= 11 is 0. The van der Waals surface area contributed by atoms with Gasteiger partial charge in [0.1, 0.15) is 0 Å². The third kappa shape index (κ3) is 10.8. The third-order valence-electron chi connectivity index (χ3n) is 1.60. The van der Waals surface area contributed by atoms with Gasteiger partial charge < -0.3 is 14.7 Å². The molecule has 0 radical (unpaired) electrons. The molecule has 0 saturated heterocycles. The molecule has 0 rings (SSSR count). The first-order chi connectivity index (χ1) is 9.54. The van der Waals surface area contributed by atoms with Gasteiger partial charge in [-0.1, -0.05) is 36.5 Å². The molecule has 0 aliphatic heterocycles. The van der Waals surface area contributed by atoms with Crippen LogP contribution < -0.4 is 0 Å². The zero-order chi connectivity index (χ0) is 16.6. The number of rotatable bonds is 8. The van der Waals surface area contributed by atoms with Gasteiger partial charge in [0.05, 0.1) is 0 Å². The van der Waals surface area contributed by atoms with Crippen LogP contribution in [0.4, 0.5) is 0 Å². The van der Waals surface area contributed by atoms with Gasteiger partial charge in [0, 0.05) is 11.6 Å². The fraction of sp³-hybridized carbons (Fsp3) is 0.200. The van der Waals surface area contributed by atoms with Crippen LogP contribution in [0, 0.1) is 0 Å². The second kappa shape index (κ2) is 8.79. The Bertz CT molecular complexity index is 541. The molecular formula is C10H17O8P3. The molecule has 2 atom stereocenters. The Labute approximate surface area is 122 Å². The van der Waals surface area contributed by atoms with Gasteiger partial charge in [-0.3, -0.25) is 9.13 Å². The predicted molar refractivity (Wildman–Crippen MR) is 79.6 cm³/mol. The first kappa shape index (κ1) is 20.5. The first-order valence-electron chi connectivity index (χ1n) is 5.55. The van der Waals surface area contributed by atoms with Gasteiger partial charge in [-0.2, -0.15) is 0 Å². The Morgan fingerprint density at radius 2 is 1.05 bits per heavy atom. The summed E-state index contributed by atoms with van der Waals surface area (Å²) in [7, 11) is -14.4. The van der Waals surface area contributed by atoms with E-state index >= 15 is 0 Å². The second-order valence-corrected chi connectivity index (χ2v) is 8.59. The standard InChI is InChI=1S/C10H17O8P3/c1-3-5-7-9-19(11,12)17-21(15,16)18-20(13,14)10-8-6-4-2/h3-10H,1-2H3,(H,11,12)(H,13,14)(H,15,16)/b5-3+,6-4+,9-7+,10-8+. The Hall–Kier alpha value is -0.550. The van der Waals surface area contributed by atoms with Gasteiger partial charge in [-0.15, -0.1) is 0 Å². The highest BCUT2D eigenvalue weighted by Crippen LogP contribution is 2.67. The van der Waals surface area contributed by atoms with Crippen molar-refractivity contribution in [3.8, 4) is 0 Å². The van der Waals surface area contributed by atoms with E-state index < -0.39 is 23.0 Å². The summed E-state index contributed by atoms with van der Waals surface area (Å²) < 4.78 is 42.4. The Kier molecular flexibility index (Phi) is 8.56. The molecule has 0 aliphatic carbocycles. The van der Waals surface area contributed by atoms with Crippen molar-refractivity contribution in [2.75, 3.05) is 0 Å². The molecular weight excluding hydrogens is 341 g/mol. The fourth-order valence-electron chi connectivity index (χ4n) is 0.904. The van der Waals surface area contributed by atoms with Gasteiger partial charge in [0.15, 0.2) is 0 Å². The third-order valence-corrected chi connectivity index (χ3v) is 6.22. The van der Waals surface area contributed by atoms with Crippen LogP contribution in [0.25, 0.3) is 0 Å². The zero-order valence-corrected chi connectivity index (χ0v) is 14.0. The fourth-order valence-corrected chi connectivity index (χ4v) is 4.73. The van der Waals surface area contributed by atoms with Crippen LogP contribution in [-0.2, 0) is 22.3 Å². The monoisotopic (exact) mass is 358 g/mol. The van der Waals surface area contributed by atoms with E-state index in [4.69, 9.17) is 0 Å². The summed E-state index contributed by atoms with van der Waals surface area (Å²) in [6.07, 6.45) is 8.08. The van der Waals surface area contributed by atoms with Gasteiger partial charge in [-0.25, -0.2) is 13.2 Å². The molecule has 0 spiro atoms. The van der Waals surface area contributed by atoms with Gasteiger partial charge >= 0.3 is 23.0 Å². The largest absolute Gasteiger partial charge is 0.487 e. The van der Waals surface area contributed by atoms with Gasteiger partial charge in [0.25, 0.3) is 0 Å². The molecule has 0 amide bonds. The van der Waals surface area contributed by atoms with Crippen LogP contribution in [0.1, 0.15) is 13.8 Å². The van der Waals surface area contributed by atoms with Crippen LogP contribution in [-0.4, -0.2) is 14.7 Å². The van der Waals surface area contributed by atoms with Crippen molar-refractivity contribution in [1.82, 2.24) is 0 Å². The highest BCUT2D eigenvalue weighted by atomic mass is 31.3. The van der Waals surface area contributed by atoms with Crippen molar-refractivity contribution < 1.29 is 37.0 Å². The minimum absolute atomic E-state index is 0.636. The van der Waals surface area contributed by atoms with Gasteiger partial charge in [0.2, 0.25) is 0 Å². The molecule has 120 valence electrons. The maximum atomic E-state index is 11.5. The second-order valence-electron chi connectivity index (χ2n) is 3.49. The van der Waals surface area contributed by atoms with E-state index in [0.717, 1.165) is 12.2 Å². The molecule has 0 heterocycles. The summed E-state index contributed by atoms with van der Waals surface area (Å²) in [5, 5.41) is 0. The van der Waals surface area contributed by atoms with E-state index in [1.54, 1.807) is 26.0 Å². The number of allylic oxidation sites excluding steroid dienone is 6. The molecule has 0 aromatic heterocycles. The van der Waals surface area contributed by atoms with Crippen molar-refractivity contribution in [2.24, 2.45) is 0 Å². The topological polar surface area (TPSA) is 130 Å². The van der Waals surface area contributed by atoms with Crippen molar-refractivity contribution in [3.05, 3.63) is 48.1 Å². The maximum absolute atomic E-state index is 11.5. The van der Waals surface area contributed by atoms with Crippen molar-refractivity contribution in [1.29, 1.82) is 0 Å². The lowest BCUT2D eigenvalue weighted by Gasteiger charge is -2.15. The molecule has 8 nitrogen and oxygen atoms in total. The van der Waals surface area contributed by atoms with E-state index in [1.807, 2.05) is 0 Å². The lowest BCUT2D eigenvalue weighted by atomic mass is 10.5. The van der Waals surface area contributed by atoms with Crippen molar-refractivity contribution in [3.63, 3.8) is 0 Å². The van der Waals surface area contributed by atoms with E-state index in [-0.39, 0.29) is 0 Å². The SMILES string of the molecule is C/C=C/C=C/P(=O)(O)OP(=O)(O)OP(=O)(O)/C=C/C=C/C. The van der Waals surface area contributed by atoms with Crippen molar-refractivity contribution in [2.45, 2.75) is 13.8 Å². The van der Waals surface area contributed by atoms with Gasteiger partial charge in [-0.05, 0) is 13.8 Å². The quantitative estimate of drug-likeness (QED) is 0.442. The highest BCUT2D eigenvalue weighted by molar-refractivity contribution is 7.71. The predicted octanol–water partition coefficient (Wildman–Crippen LogP) is 3.67. The number of hydrogen-bond acceptors (Lipinski definition) is 5. The minimum atomic E-state index is -5.21. The van der Waals surface area contributed by atoms with E-state index in [1.165, 1.54) is 12.2 Å². The molecule has 0 aromatic carbocycles. The molecule has 2 unspecified atom stereocenters. The summed E-state index contributed by atoms with van der Waals surface area (Å²) in [6.45, 7) is 3.29. The smallest absolute Gasteiger partial charge is 0.321 e. The van der Waals surface area contributed by atoms with Crippen LogP contribution in [0.2, 0.25) is 0 Å². The number of hydrogen-bond donors (Lipinski definition) is 3. The van der Waals surface area contributed by atoms with Crippen LogP contribution in [0.15, 0.2) is 48.1 Å². The number of phosphoric acid groups is 1. The summed E-state index contributed by atoms with van der Waals surface area (Å²) in [4.78, 5) is 27.8. The average molecular weight is 358 g/mol. The van der Waals surface area contributed by atoms with E-state index in [2.05, 4.69) is 8.62 Å². The normalized spacial score (nSPS) is 22.0. The lowest BCUT2D eigenvalue weighted by Crippen LogP contribution is -1.91. The lowest BCUT2D eigenvalue weighted by molar-refractivity contribution is 0.262. The summed E-state index contributed by atoms with van der Waals surface area (Å²) in [6, 6.07) is 0. The molecule has 11 heteroatoms. The summed E-state index contributed by atoms with van der Waals surface area (Å²) in [5.74, 6) is 1.27. The van der Waals surface area contributed by atoms with E-state index in [9.17, 15) is 28.4 Å². The molecule has 21 heavy (non-hydrogen) atoms. The first-order valence-corrected chi connectivity index (χ1v) is 10.3. The Balaban J connectivity index is 4.95. The maximum Gasteiger partial charge on any atom is 0.487 e. The zero-order valence-electron chi connectivity index (χ0n) is 11.3. The molecule has 0 aromatic rings. The van der Waals surface area contributed by atoms with Crippen LogP contribution >= 0.6 is 23.0 Å². The molecule has 0 saturated carbocycles. The van der Waals surface area contributed by atoms with Crippen LogP contribution in [0.3, 0.4) is 0 Å². The molecule has 0 fully saturated rings. The molecule has 0 aliphatic rings. The average Bonchev–Trinajstić information content (AvgIpc) is 2.25. The molecule has 0 bridgehead atoms.